The monoisotopic (exact) mass is 842 g/mol. The summed E-state index contributed by atoms with van der Waals surface area (Å²) in [5.74, 6) is 0.250. The predicted octanol–water partition coefficient (Wildman–Crippen LogP) is 13.4. The highest BCUT2D eigenvalue weighted by Crippen LogP contribution is 2.21. The van der Waals surface area contributed by atoms with Gasteiger partial charge in [0.05, 0.1) is 0 Å². The molecule has 0 bridgehead atoms. The van der Waals surface area contributed by atoms with Crippen LogP contribution in [0, 0.1) is 13.8 Å². The molecule has 0 aliphatic rings. The summed E-state index contributed by atoms with van der Waals surface area (Å²) in [5.41, 5.74) is 8.28. The van der Waals surface area contributed by atoms with E-state index in [1.807, 2.05) is 126 Å². The molecule has 0 heterocycles. The first kappa shape index (κ1) is 42.5. The summed E-state index contributed by atoms with van der Waals surface area (Å²) in [4.78, 5) is 21.5. The largest absolute Gasteiger partial charge is 0.356 e. The second-order valence-electron chi connectivity index (χ2n) is 9.40. The van der Waals surface area contributed by atoms with Gasteiger partial charge < -0.3 is 10.6 Å². The van der Waals surface area contributed by atoms with Crippen molar-refractivity contribution in [1.82, 2.24) is 0 Å². The Morgan fingerprint density at radius 2 is 0.652 bits per heavy atom. The van der Waals surface area contributed by atoms with Crippen molar-refractivity contribution in [2.24, 2.45) is 0 Å². The van der Waals surface area contributed by atoms with Crippen molar-refractivity contribution < 1.29 is 9.59 Å². The number of rotatable bonds is 6. The molecule has 2 N–H and O–H groups in total. The zero-order chi connectivity index (χ0) is 34.7. The fourth-order valence-corrected chi connectivity index (χ4v) is 3.59. The third-order valence-corrected chi connectivity index (χ3v) is 5.93. The molecule has 244 valence electrons. The molecule has 4 nitrogen and oxygen atoms in total. The van der Waals surface area contributed by atoms with Crippen LogP contribution < -0.4 is 10.6 Å². The normalized spacial score (nSPS) is 8.83. The lowest BCUT2D eigenvalue weighted by molar-refractivity contribution is 0.100. The lowest BCUT2D eigenvalue weighted by Gasteiger charge is -2.09. The number of nitrogens with one attached hydrogen (secondary N) is 2. The van der Waals surface area contributed by atoms with E-state index in [0.29, 0.717) is 0 Å². The minimum atomic E-state index is 0.125. The molecule has 0 aliphatic heterocycles. The maximum Gasteiger partial charge on any atom is 0.159 e. The van der Waals surface area contributed by atoms with Gasteiger partial charge >= 0.3 is 0 Å². The van der Waals surface area contributed by atoms with Crippen LogP contribution in [0.25, 0.3) is 0 Å². The smallest absolute Gasteiger partial charge is 0.159 e. The van der Waals surface area contributed by atoms with Crippen molar-refractivity contribution in [2.75, 3.05) is 10.6 Å². The molecule has 5 rings (SSSR count). The quantitative estimate of drug-likeness (QED) is 0.132. The van der Waals surface area contributed by atoms with Crippen LogP contribution in [0.2, 0.25) is 0 Å². The molecule has 0 radical (unpaired) electrons. The van der Waals surface area contributed by atoms with Gasteiger partial charge in [-0.15, -0.1) is 0 Å². The number of carbonyl (C=O) groups is 2. The summed E-state index contributed by atoms with van der Waals surface area (Å²) < 4.78 is 0. The molecule has 0 aromatic heterocycles. The van der Waals surface area contributed by atoms with Gasteiger partial charge in [0, 0.05) is 71.1 Å². The van der Waals surface area contributed by atoms with Crippen molar-refractivity contribution >= 4 is 71.5 Å². The van der Waals surface area contributed by atoms with Gasteiger partial charge in [-0.2, -0.15) is 0 Å². The van der Waals surface area contributed by atoms with Gasteiger partial charge in [0.25, 0.3) is 0 Å². The number of benzene rings is 5. The standard InChI is InChI=1S/C18H16N2.2C9H10O.2C2H6.I2/c1-3-7-15(8-4-1)19-17-11-13-18(14-12-17)20-16-9-5-2-6-10-16;2*1-7-3-5-9(6-4-7)8(2)10;3*1-2/h1-14,19-20H;2*3-6H,1-2H3;2*1-2H3;. The van der Waals surface area contributed by atoms with E-state index < -0.39 is 0 Å². The molecular formula is C40H48I2N2O2. The Labute approximate surface area is 300 Å². The molecule has 0 saturated heterocycles. The van der Waals surface area contributed by atoms with Crippen LogP contribution in [0.4, 0.5) is 22.7 Å². The van der Waals surface area contributed by atoms with E-state index in [2.05, 4.69) is 96.4 Å². The zero-order valence-corrected chi connectivity index (χ0v) is 32.6. The van der Waals surface area contributed by atoms with Crippen molar-refractivity contribution in [1.29, 1.82) is 0 Å². The van der Waals surface area contributed by atoms with Gasteiger partial charge in [0.1, 0.15) is 0 Å². The van der Waals surface area contributed by atoms with E-state index in [0.717, 1.165) is 33.9 Å². The molecule has 0 unspecified atom stereocenters. The Kier molecular flexibility index (Phi) is 24.7. The molecule has 6 heteroatoms. The highest BCUT2D eigenvalue weighted by molar-refractivity contribution is 15.0. The molecule has 46 heavy (non-hydrogen) atoms. The van der Waals surface area contributed by atoms with E-state index in [1.54, 1.807) is 13.8 Å². The SMILES string of the molecule is CC.CC.CC(=O)c1ccc(C)cc1.CC(=O)c1ccc(C)cc1.II.c1ccc(Nc2ccc(Nc3ccccc3)cc2)cc1. The number of hydrogen-bond donors (Lipinski definition) is 2. The minimum absolute atomic E-state index is 0.125. The predicted molar refractivity (Wildman–Crippen MR) is 219 cm³/mol. The molecule has 5 aromatic rings. The first-order chi connectivity index (χ1) is 22.3. The van der Waals surface area contributed by atoms with Crippen molar-refractivity contribution in [3.8, 4) is 0 Å². The van der Waals surface area contributed by atoms with E-state index in [1.165, 1.54) is 11.1 Å². The maximum atomic E-state index is 10.8. The Hall–Kier alpha value is -3.50. The average molecular weight is 843 g/mol. The molecule has 0 atom stereocenters. The van der Waals surface area contributed by atoms with Gasteiger partial charge in [-0.1, -0.05) is 124 Å². The van der Waals surface area contributed by atoms with Crippen LogP contribution in [-0.4, -0.2) is 11.6 Å². The van der Waals surface area contributed by atoms with Crippen LogP contribution in [-0.2, 0) is 0 Å². The van der Waals surface area contributed by atoms with Gasteiger partial charge in [0.2, 0.25) is 0 Å². The molecule has 0 fully saturated rings. The van der Waals surface area contributed by atoms with Crippen LogP contribution in [0.15, 0.2) is 133 Å². The Bertz CT molecular complexity index is 1360. The second kappa shape index (κ2) is 26.7. The second-order valence-corrected chi connectivity index (χ2v) is 9.40. The van der Waals surface area contributed by atoms with Crippen molar-refractivity contribution in [3.05, 3.63) is 156 Å². The van der Waals surface area contributed by atoms with Gasteiger partial charge in [-0.25, -0.2) is 0 Å². The minimum Gasteiger partial charge on any atom is -0.356 e. The number of carbonyl (C=O) groups excluding carboxylic acids is 2. The first-order valence-electron chi connectivity index (χ1n) is 15.3. The van der Waals surface area contributed by atoms with E-state index in [-0.39, 0.29) is 11.6 Å². The number of ketones is 2. The summed E-state index contributed by atoms with van der Waals surface area (Å²) in [6.45, 7) is 15.2. The average Bonchev–Trinajstić information content (AvgIpc) is 3.10. The van der Waals surface area contributed by atoms with Crippen LogP contribution in [0.3, 0.4) is 0 Å². The summed E-state index contributed by atoms with van der Waals surface area (Å²) in [7, 11) is 0. The summed E-state index contributed by atoms with van der Waals surface area (Å²) in [6, 6.07) is 43.7. The maximum absolute atomic E-state index is 10.8. The van der Waals surface area contributed by atoms with Gasteiger partial charge in [-0.3, -0.25) is 9.59 Å². The van der Waals surface area contributed by atoms with Crippen LogP contribution in [0.5, 0.6) is 0 Å². The topological polar surface area (TPSA) is 58.2 Å². The van der Waals surface area contributed by atoms with Gasteiger partial charge in [-0.05, 0) is 76.2 Å². The Morgan fingerprint density at radius 1 is 0.413 bits per heavy atom. The number of halogens is 2. The van der Waals surface area contributed by atoms with E-state index >= 15 is 0 Å². The highest BCUT2D eigenvalue weighted by atomic mass is 128. The number of Topliss-reactive ketones (excluding diaryl/α,β-unsaturated/α-hetero) is 2. The Balaban J connectivity index is 0.000000661. The van der Waals surface area contributed by atoms with Crippen LogP contribution in [0.1, 0.15) is 73.4 Å². The molecule has 0 saturated carbocycles. The Morgan fingerprint density at radius 3 is 0.891 bits per heavy atom. The third kappa shape index (κ3) is 18.5. The highest BCUT2D eigenvalue weighted by Gasteiger charge is 1.97. The third-order valence-electron chi connectivity index (χ3n) is 5.93. The fraction of sp³-hybridized carbons (Fsp3) is 0.200. The molecular weight excluding hydrogens is 794 g/mol. The number of hydrogen-bond acceptors (Lipinski definition) is 4. The summed E-state index contributed by atoms with van der Waals surface area (Å²) in [5, 5.41) is 6.73. The van der Waals surface area contributed by atoms with Gasteiger partial charge in [0.15, 0.2) is 11.6 Å². The number of aryl methyl sites for hydroxylation is 2. The zero-order valence-electron chi connectivity index (χ0n) is 28.3. The molecule has 5 aromatic carbocycles. The van der Waals surface area contributed by atoms with Crippen molar-refractivity contribution in [3.63, 3.8) is 0 Å². The lowest BCUT2D eigenvalue weighted by atomic mass is 10.1. The summed E-state index contributed by atoms with van der Waals surface area (Å²) in [6.07, 6.45) is 0. The van der Waals surface area contributed by atoms with Crippen LogP contribution >= 0.6 is 37.2 Å². The number of anilines is 4. The lowest BCUT2D eigenvalue weighted by Crippen LogP contribution is -1.92. The molecule has 0 spiro atoms. The fourth-order valence-electron chi connectivity index (χ4n) is 3.59. The van der Waals surface area contributed by atoms with E-state index in [4.69, 9.17) is 0 Å². The summed E-state index contributed by atoms with van der Waals surface area (Å²) >= 11 is 4.24. The number of para-hydroxylation sites is 2. The first-order valence-corrected chi connectivity index (χ1v) is 21.6. The van der Waals surface area contributed by atoms with Crippen molar-refractivity contribution in [2.45, 2.75) is 55.4 Å². The molecule has 0 aliphatic carbocycles. The van der Waals surface area contributed by atoms with E-state index in [9.17, 15) is 9.59 Å². The molecule has 0 amide bonds.